The minimum absolute atomic E-state index is 0.0105. The highest BCUT2D eigenvalue weighted by Crippen LogP contribution is 2.34. The molecule has 1 aromatic carbocycles. The lowest BCUT2D eigenvalue weighted by Crippen LogP contribution is -2.22. The molecular formula is C19H14F2N5O4S-. The Bertz CT molecular complexity index is 1150. The normalized spacial score (nSPS) is 11.5. The molecule has 3 aromatic rings. The predicted octanol–water partition coefficient (Wildman–Crippen LogP) is 2.90. The Morgan fingerprint density at radius 3 is 2.45 bits per heavy atom. The lowest BCUT2D eigenvalue weighted by atomic mass is 10.2. The van der Waals surface area contributed by atoms with Gasteiger partial charge in [-0.15, -0.1) is 0 Å². The van der Waals surface area contributed by atoms with E-state index in [4.69, 9.17) is 0 Å². The van der Waals surface area contributed by atoms with Crippen molar-refractivity contribution in [2.24, 2.45) is 0 Å². The number of hydrogen-bond donors (Lipinski definition) is 2. The van der Waals surface area contributed by atoms with Crippen LogP contribution >= 0.6 is 0 Å². The van der Waals surface area contributed by atoms with Gasteiger partial charge >= 0.3 is 0 Å². The number of anilines is 4. The van der Waals surface area contributed by atoms with Gasteiger partial charge in [-0.3, -0.25) is 23.1 Å². The van der Waals surface area contributed by atoms with Crippen LogP contribution in [0, 0.1) is 11.6 Å². The lowest BCUT2D eigenvalue weighted by molar-refractivity contribution is -0.114. The van der Waals surface area contributed by atoms with E-state index in [0.717, 1.165) is 18.3 Å². The van der Waals surface area contributed by atoms with Crippen LogP contribution in [0.2, 0.25) is 0 Å². The van der Waals surface area contributed by atoms with Gasteiger partial charge in [-0.2, -0.15) is 0 Å². The molecule has 2 aromatic heterocycles. The van der Waals surface area contributed by atoms with Crippen LogP contribution in [-0.4, -0.2) is 30.5 Å². The van der Waals surface area contributed by atoms with Gasteiger partial charge in [0.1, 0.15) is 17.3 Å². The van der Waals surface area contributed by atoms with E-state index in [1.54, 1.807) is 0 Å². The van der Waals surface area contributed by atoms with Crippen molar-refractivity contribution >= 4 is 46.0 Å². The summed E-state index contributed by atoms with van der Waals surface area (Å²) in [6.45, 7) is 1.28. The van der Waals surface area contributed by atoms with Crippen LogP contribution in [0.5, 0.6) is 0 Å². The Morgan fingerprint density at radius 2 is 1.87 bits per heavy atom. The number of nitrogens with one attached hydrogen (secondary N) is 2. The topological polar surface area (TPSA) is 127 Å². The van der Waals surface area contributed by atoms with Gasteiger partial charge in [0.15, 0.2) is 5.82 Å². The highest BCUT2D eigenvalue weighted by atomic mass is 32.2. The van der Waals surface area contributed by atoms with Crippen molar-refractivity contribution in [1.82, 2.24) is 9.97 Å². The number of carbonyl (C=O) groups excluding carboxylic acids is 2. The maximum atomic E-state index is 15.1. The van der Waals surface area contributed by atoms with Gasteiger partial charge in [0, 0.05) is 19.3 Å². The van der Waals surface area contributed by atoms with E-state index in [1.807, 2.05) is 0 Å². The molecule has 12 heteroatoms. The maximum absolute atomic E-state index is 15.1. The van der Waals surface area contributed by atoms with Crippen molar-refractivity contribution in [1.29, 1.82) is 0 Å². The van der Waals surface area contributed by atoms with Crippen LogP contribution in [-0.2, 0) is 16.1 Å². The van der Waals surface area contributed by atoms with E-state index in [1.165, 1.54) is 43.6 Å². The number of hydrogen-bond acceptors (Lipinski definition) is 6. The summed E-state index contributed by atoms with van der Waals surface area (Å²) in [5.74, 6) is -3.48. The Balaban J connectivity index is 1.92. The third-order valence-electron chi connectivity index (χ3n) is 3.89. The molecule has 0 saturated carbocycles. The molecule has 0 aliphatic heterocycles. The fourth-order valence-corrected chi connectivity index (χ4v) is 3.14. The number of carbonyl (C=O) groups is 2. The van der Waals surface area contributed by atoms with Gasteiger partial charge in [0.2, 0.25) is 5.91 Å². The van der Waals surface area contributed by atoms with Gasteiger partial charge < -0.3 is 15.2 Å². The second kappa shape index (κ2) is 9.36. The monoisotopic (exact) mass is 446 g/mol. The highest BCUT2D eigenvalue weighted by molar-refractivity contribution is 7.81. The molecule has 3 rings (SSSR count). The molecule has 1 unspecified atom stereocenters. The summed E-state index contributed by atoms with van der Waals surface area (Å²) in [6.07, 6.45) is 3.68. The molecule has 0 radical (unpaired) electrons. The molecule has 0 spiro atoms. The average Bonchev–Trinajstić information content (AvgIpc) is 2.73. The second-order valence-corrected chi connectivity index (χ2v) is 6.85. The van der Waals surface area contributed by atoms with E-state index in [-0.39, 0.29) is 23.0 Å². The molecule has 1 atom stereocenters. The molecule has 0 aliphatic carbocycles. The van der Waals surface area contributed by atoms with E-state index in [9.17, 15) is 22.7 Å². The molecule has 0 aliphatic rings. The summed E-state index contributed by atoms with van der Waals surface area (Å²) in [5.41, 5.74) is -1.39. The number of amides is 2. The van der Waals surface area contributed by atoms with Crippen molar-refractivity contribution in [2.45, 2.75) is 6.92 Å². The number of benzene rings is 1. The average molecular weight is 446 g/mol. The quantitative estimate of drug-likeness (QED) is 0.561. The predicted molar refractivity (Wildman–Crippen MR) is 108 cm³/mol. The van der Waals surface area contributed by atoms with Gasteiger partial charge in [-0.1, -0.05) is 0 Å². The molecule has 160 valence electrons. The van der Waals surface area contributed by atoms with Gasteiger partial charge in [-0.25, -0.2) is 13.8 Å². The number of pyridine rings is 2. The standard InChI is InChI=1S/C19H15F2N5O4S/c1-11(27)24-16-7-4-12(9-23-16)19(28)25-18-14(20)5-6-15(17(18)21)26(31(29)30)13-3-2-8-22-10-13/h2-10H,1H3,(H,25,28)(H,29,30)(H,23,24,27)/p-1. The molecule has 2 heterocycles. The third-order valence-corrected chi connectivity index (χ3v) is 4.59. The van der Waals surface area contributed by atoms with Gasteiger partial charge in [0.25, 0.3) is 5.91 Å². The van der Waals surface area contributed by atoms with Crippen LogP contribution in [0.4, 0.5) is 31.7 Å². The Kier molecular flexibility index (Phi) is 6.62. The summed E-state index contributed by atoms with van der Waals surface area (Å²) >= 11 is -2.96. The lowest BCUT2D eigenvalue weighted by Gasteiger charge is -2.27. The van der Waals surface area contributed by atoms with Crippen LogP contribution in [0.25, 0.3) is 0 Å². The fourth-order valence-electron chi connectivity index (χ4n) is 2.56. The zero-order chi connectivity index (χ0) is 22.5. The summed E-state index contributed by atoms with van der Waals surface area (Å²) < 4.78 is 53.3. The van der Waals surface area contributed by atoms with Crippen LogP contribution in [0.3, 0.4) is 0 Å². The molecule has 31 heavy (non-hydrogen) atoms. The van der Waals surface area contributed by atoms with Crippen LogP contribution < -0.4 is 14.9 Å². The van der Waals surface area contributed by atoms with Crippen molar-refractivity contribution < 1.29 is 27.1 Å². The van der Waals surface area contributed by atoms with Crippen molar-refractivity contribution in [3.8, 4) is 0 Å². The first-order valence-corrected chi connectivity index (χ1v) is 9.63. The highest BCUT2D eigenvalue weighted by Gasteiger charge is 2.22. The zero-order valence-electron chi connectivity index (χ0n) is 15.8. The van der Waals surface area contributed by atoms with E-state index in [0.29, 0.717) is 4.31 Å². The molecule has 2 N–H and O–H groups in total. The molecule has 0 bridgehead atoms. The maximum Gasteiger partial charge on any atom is 0.257 e. The van der Waals surface area contributed by atoms with E-state index in [2.05, 4.69) is 20.6 Å². The number of rotatable bonds is 6. The van der Waals surface area contributed by atoms with Gasteiger partial charge in [-0.05, 0) is 36.4 Å². The molecule has 0 fully saturated rings. The third kappa shape index (κ3) is 5.05. The summed E-state index contributed by atoms with van der Waals surface area (Å²) in [7, 11) is 0. The molecule has 2 amide bonds. The van der Waals surface area contributed by atoms with E-state index >= 15 is 4.39 Å². The number of halogens is 2. The summed E-state index contributed by atoms with van der Waals surface area (Å²) in [4.78, 5) is 31.1. The SMILES string of the molecule is CC(=O)Nc1ccc(C(=O)Nc2c(F)ccc(N(c3cccnc3)S(=O)[O-])c2F)cn1. The second-order valence-electron chi connectivity index (χ2n) is 6.05. The Hall–Kier alpha value is -3.77. The fraction of sp³-hybridized carbons (Fsp3) is 0.0526. The van der Waals surface area contributed by atoms with Crippen LogP contribution in [0.15, 0.2) is 55.0 Å². The molecule has 9 nitrogen and oxygen atoms in total. The minimum atomic E-state index is -2.96. The molecular weight excluding hydrogens is 432 g/mol. The van der Waals surface area contributed by atoms with Crippen molar-refractivity contribution in [3.05, 3.63) is 72.2 Å². The first-order valence-electron chi connectivity index (χ1n) is 8.60. The Labute approximate surface area is 177 Å². The van der Waals surface area contributed by atoms with Crippen LogP contribution in [0.1, 0.15) is 17.3 Å². The smallest absolute Gasteiger partial charge is 0.257 e. The van der Waals surface area contributed by atoms with Gasteiger partial charge in [0.05, 0.1) is 34.4 Å². The number of nitrogens with zero attached hydrogens (tertiary/aromatic N) is 3. The minimum Gasteiger partial charge on any atom is -0.755 e. The van der Waals surface area contributed by atoms with Crippen molar-refractivity contribution in [3.63, 3.8) is 0 Å². The molecule has 0 saturated heterocycles. The van der Waals surface area contributed by atoms with E-state index < -0.39 is 40.2 Å². The summed E-state index contributed by atoms with van der Waals surface area (Å²) in [5, 5.41) is 4.50. The largest absolute Gasteiger partial charge is 0.755 e. The summed E-state index contributed by atoms with van der Waals surface area (Å²) in [6, 6.07) is 7.18. The first kappa shape index (κ1) is 21.9. The Morgan fingerprint density at radius 1 is 1.10 bits per heavy atom. The zero-order valence-corrected chi connectivity index (χ0v) is 16.7. The number of aromatic nitrogens is 2. The van der Waals surface area contributed by atoms with Crippen molar-refractivity contribution in [2.75, 3.05) is 14.9 Å². The first-order chi connectivity index (χ1) is 14.8.